The van der Waals surface area contributed by atoms with E-state index in [0.29, 0.717) is 5.41 Å². The second-order valence-electron chi connectivity index (χ2n) is 4.20. The molecule has 0 spiro atoms. The minimum Gasteiger partial charge on any atom is -0.310 e. The molecule has 1 aliphatic carbocycles. The summed E-state index contributed by atoms with van der Waals surface area (Å²) in [5, 5.41) is 4.43. The largest absolute Gasteiger partial charge is 0.310 e. The SMILES string of the molecule is CCCN/N=C1/CCCC1(C)C. The predicted molar refractivity (Wildman–Crippen MR) is 53.4 cm³/mol. The summed E-state index contributed by atoms with van der Waals surface area (Å²) in [6.45, 7) is 7.73. The molecule has 1 fully saturated rings. The van der Waals surface area contributed by atoms with E-state index < -0.39 is 0 Å². The molecule has 2 nitrogen and oxygen atoms in total. The maximum Gasteiger partial charge on any atom is 0.0434 e. The van der Waals surface area contributed by atoms with Crippen molar-refractivity contribution >= 4 is 5.71 Å². The van der Waals surface area contributed by atoms with Gasteiger partial charge < -0.3 is 5.43 Å². The molecule has 2 heteroatoms. The molecule has 0 atom stereocenters. The van der Waals surface area contributed by atoms with E-state index in [1.807, 2.05) is 0 Å². The van der Waals surface area contributed by atoms with Crippen LogP contribution in [0.15, 0.2) is 5.10 Å². The minimum atomic E-state index is 0.348. The van der Waals surface area contributed by atoms with Crippen molar-refractivity contribution in [1.29, 1.82) is 0 Å². The average Bonchev–Trinajstić information content (AvgIpc) is 2.32. The Bertz CT molecular complexity index is 171. The maximum atomic E-state index is 4.43. The Morgan fingerprint density at radius 1 is 1.50 bits per heavy atom. The number of rotatable bonds is 3. The van der Waals surface area contributed by atoms with Crippen LogP contribution in [0, 0.1) is 5.41 Å². The molecular formula is C10H20N2. The topological polar surface area (TPSA) is 24.4 Å². The van der Waals surface area contributed by atoms with Gasteiger partial charge in [0.2, 0.25) is 0 Å². The third-order valence-corrected chi connectivity index (χ3v) is 2.57. The standard InChI is InChI=1S/C10H20N2/c1-4-8-11-12-9-6-5-7-10(9,2)3/h11H,4-8H2,1-3H3/b12-9-. The first-order chi connectivity index (χ1) is 5.67. The van der Waals surface area contributed by atoms with E-state index in [1.165, 1.54) is 25.0 Å². The van der Waals surface area contributed by atoms with Gasteiger partial charge in [0.25, 0.3) is 0 Å². The van der Waals surface area contributed by atoms with Gasteiger partial charge in [-0.25, -0.2) is 0 Å². The normalized spacial score (nSPS) is 24.8. The molecule has 0 amide bonds. The zero-order valence-corrected chi connectivity index (χ0v) is 8.48. The van der Waals surface area contributed by atoms with Gasteiger partial charge >= 0.3 is 0 Å². The van der Waals surface area contributed by atoms with Crippen LogP contribution in [0.25, 0.3) is 0 Å². The summed E-state index contributed by atoms with van der Waals surface area (Å²) in [4.78, 5) is 0. The zero-order valence-electron chi connectivity index (χ0n) is 8.48. The molecule has 12 heavy (non-hydrogen) atoms. The fourth-order valence-corrected chi connectivity index (χ4v) is 1.65. The fraction of sp³-hybridized carbons (Fsp3) is 0.900. The predicted octanol–water partition coefficient (Wildman–Crippen LogP) is 2.55. The smallest absolute Gasteiger partial charge is 0.0434 e. The Kier molecular flexibility index (Phi) is 3.12. The third-order valence-electron chi connectivity index (χ3n) is 2.57. The van der Waals surface area contributed by atoms with Crippen molar-refractivity contribution < 1.29 is 0 Å². The lowest BCUT2D eigenvalue weighted by Crippen LogP contribution is -2.20. The Morgan fingerprint density at radius 3 is 2.75 bits per heavy atom. The number of hydrogen-bond donors (Lipinski definition) is 1. The van der Waals surface area contributed by atoms with Crippen molar-refractivity contribution in [3.63, 3.8) is 0 Å². The summed E-state index contributed by atoms with van der Waals surface area (Å²) < 4.78 is 0. The first-order valence-corrected chi connectivity index (χ1v) is 4.96. The van der Waals surface area contributed by atoms with E-state index in [9.17, 15) is 0 Å². The zero-order chi connectivity index (χ0) is 9.03. The van der Waals surface area contributed by atoms with E-state index in [-0.39, 0.29) is 0 Å². The van der Waals surface area contributed by atoms with Crippen molar-refractivity contribution in [2.45, 2.75) is 46.5 Å². The van der Waals surface area contributed by atoms with Crippen LogP contribution in [0.2, 0.25) is 0 Å². The molecule has 0 unspecified atom stereocenters. The Labute approximate surface area is 75.4 Å². The van der Waals surface area contributed by atoms with Crippen LogP contribution in [0.5, 0.6) is 0 Å². The Balaban J connectivity index is 2.44. The molecule has 0 aliphatic heterocycles. The lowest BCUT2D eigenvalue weighted by molar-refractivity contribution is 0.507. The third kappa shape index (κ3) is 2.23. The van der Waals surface area contributed by atoms with Gasteiger partial charge in [0.15, 0.2) is 0 Å². The highest BCUT2D eigenvalue weighted by molar-refractivity contribution is 5.91. The van der Waals surface area contributed by atoms with Gasteiger partial charge in [-0.2, -0.15) is 5.10 Å². The van der Waals surface area contributed by atoms with E-state index in [4.69, 9.17) is 0 Å². The lowest BCUT2D eigenvalue weighted by Gasteiger charge is -2.17. The summed E-state index contributed by atoms with van der Waals surface area (Å²) in [5.74, 6) is 0. The fourth-order valence-electron chi connectivity index (χ4n) is 1.65. The molecule has 1 aliphatic rings. The lowest BCUT2D eigenvalue weighted by atomic mass is 9.90. The Morgan fingerprint density at radius 2 is 2.25 bits per heavy atom. The highest BCUT2D eigenvalue weighted by Gasteiger charge is 2.30. The van der Waals surface area contributed by atoms with E-state index >= 15 is 0 Å². The van der Waals surface area contributed by atoms with E-state index in [0.717, 1.165) is 13.0 Å². The van der Waals surface area contributed by atoms with Gasteiger partial charge in [0.05, 0.1) is 0 Å². The molecule has 1 saturated carbocycles. The van der Waals surface area contributed by atoms with Crippen molar-refractivity contribution in [3.05, 3.63) is 0 Å². The van der Waals surface area contributed by atoms with Gasteiger partial charge in [-0.1, -0.05) is 20.8 Å². The van der Waals surface area contributed by atoms with Crippen LogP contribution in [-0.4, -0.2) is 12.3 Å². The molecule has 0 aromatic carbocycles. The summed E-state index contributed by atoms with van der Waals surface area (Å²) in [5.41, 5.74) is 4.83. The number of nitrogens with one attached hydrogen (secondary N) is 1. The maximum absolute atomic E-state index is 4.43. The van der Waals surface area contributed by atoms with Crippen LogP contribution in [0.4, 0.5) is 0 Å². The van der Waals surface area contributed by atoms with Gasteiger partial charge in [0, 0.05) is 17.7 Å². The average molecular weight is 168 g/mol. The number of nitrogens with zero attached hydrogens (tertiary/aromatic N) is 1. The van der Waals surface area contributed by atoms with Crippen molar-refractivity contribution in [3.8, 4) is 0 Å². The van der Waals surface area contributed by atoms with Crippen LogP contribution in [-0.2, 0) is 0 Å². The van der Waals surface area contributed by atoms with Crippen molar-refractivity contribution in [2.24, 2.45) is 10.5 Å². The Hall–Kier alpha value is -0.530. The van der Waals surface area contributed by atoms with Crippen LogP contribution in [0.3, 0.4) is 0 Å². The van der Waals surface area contributed by atoms with Crippen LogP contribution in [0.1, 0.15) is 46.5 Å². The molecule has 0 aromatic heterocycles. The first kappa shape index (κ1) is 9.56. The molecule has 0 saturated heterocycles. The van der Waals surface area contributed by atoms with Crippen molar-refractivity contribution in [1.82, 2.24) is 5.43 Å². The van der Waals surface area contributed by atoms with Crippen LogP contribution >= 0.6 is 0 Å². The first-order valence-electron chi connectivity index (χ1n) is 4.96. The number of hydrogen-bond acceptors (Lipinski definition) is 2. The second-order valence-corrected chi connectivity index (χ2v) is 4.20. The summed E-state index contributed by atoms with van der Waals surface area (Å²) in [6, 6.07) is 0. The van der Waals surface area contributed by atoms with Gasteiger partial charge in [-0.3, -0.25) is 0 Å². The van der Waals surface area contributed by atoms with Crippen molar-refractivity contribution in [2.75, 3.05) is 6.54 Å². The summed E-state index contributed by atoms with van der Waals surface area (Å²) in [7, 11) is 0. The van der Waals surface area contributed by atoms with Gasteiger partial charge in [0.1, 0.15) is 0 Å². The van der Waals surface area contributed by atoms with Crippen LogP contribution < -0.4 is 5.43 Å². The van der Waals surface area contributed by atoms with E-state index in [2.05, 4.69) is 31.3 Å². The molecule has 0 bridgehead atoms. The van der Waals surface area contributed by atoms with Gasteiger partial charge in [-0.05, 0) is 25.7 Å². The molecule has 0 radical (unpaired) electrons. The molecule has 0 heterocycles. The highest BCUT2D eigenvalue weighted by atomic mass is 15.3. The molecule has 1 rings (SSSR count). The molecular weight excluding hydrogens is 148 g/mol. The molecule has 0 aromatic rings. The molecule has 1 N–H and O–H groups in total. The van der Waals surface area contributed by atoms with Gasteiger partial charge in [-0.15, -0.1) is 0 Å². The highest BCUT2D eigenvalue weighted by Crippen LogP contribution is 2.34. The van der Waals surface area contributed by atoms with E-state index in [1.54, 1.807) is 0 Å². The molecule has 70 valence electrons. The second kappa shape index (κ2) is 3.92. The summed E-state index contributed by atoms with van der Waals surface area (Å²) in [6.07, 6.45) is 4.93. The minimum absolute atomic E-state index is 0.348. The monoisotopic (exact) mass is 168 g/mol. The quantitative estimate of drug-likeness (QED) is 0.508. The number of hydrazone groups is 1. The summed E-state index contributed by atoms with van der Waals surface area (Å²) >= 11 is 0.